The SMILES string of the molecule is Cc1cc(C(N)C(F)(F)F)ccc1C(F)(F)F. The third-order valence-electron chi connectivity index (χ3n) is 2.27. The van der Waals surface area contributed by atoms with Gasteiger partial charge in [-0.3, -0.25) is 0 Å². The molecule has 0 fully saturated rings. The fraction of sp³-hybridized carbons (Fsp3) is 0.400. The van der Waals surface area contributed by atoms with Crippen molar-refractivity contribution in [2.45, 2.75) is 25.3 Å². The first kappa shape index (κ1) is 13.8. The maximum Gasteiger partial charge on any atom is 0.416 e. The van der Waals surface area contributed by atoms with Crippen molar-refractivity contribution in [2.24, 2.45) is 5.73 Å². The molecule has 0 aliphatic heterocycles. The Morgan fingerprint density at radius 1 is 1.06 bits per heavy atom. The molecule has 17 heavy (non-hydrogen) atoms. The third kappa shape index (κ3) is 3.12. The Labute approximate surface area is 93.2 Å². The molecule has 0 heterocycles. The standard InChI is InChI=1S/C10H9F6N/c1-5-4-6(8(17)10(14,15)16)2-3-7(5)9(11,12)13/h2-4,8H,17H2,1H3. The van der Waals surface area contributed by atoms with Crippen LogP contribution >= 0.6 is 0 Å². The van der Waals surface area contributed by atoms with Crippen LogP contribution in [0.15, 0.2) is 18.2 Å². The van der Waals surface area contributed by atoms with Gasteiger partial charge < -0.3 is 5.73 Å². The van der Waals surface area contributed by atoms with Crippen LogP contribution in [-0.2, 0) is 6.18 Å². The van der Waals surface area contributed by atoms with Crippen LogP contribution in [0.5, 0.6) is 0 Å². The number of benzene rings is 1. The first-order chi connectivity index (χ1) is 7.53. The molecule has 96 valence electrons. The summed E-state index contributed by atoms with van der Waals surface area (Å²) >= 11 is 0. The van der Waals surface area contributed by atoms with Crippen molar-refractivity contribution in [3.05, 3.63) is 34.9 Å². The van der Waals surface area contributed by atoms with E-state index in [2.05, 4.69) is 0 Å². The van der Waals surface area contributed by atoms with Crippen LogP contribution in [0, 0.1) is 6.92 Å². The zero-order valence-electron chi connectivity index (χ0n) is 8.65. The van der Waals surface area contributed by atoms with Crippen molar-refractivity contribution in [2.75, 3.05) is 0 Å². The summed E-state index contributed by atoms with van der Waals surface area (Å²) in [5.41, 5.74) is 3.26. The van der Waals surface area contributed by atoms with Crippen LogP contribution < -0.4 is 5.73 Å². The number of aryl methyl sites for hydroxylation is 1. The minimum absolute atomic E-state index is 0.283. The highest BCUT2D eigenvalue weighted by atomic mass is 19.4. The van der Waals surface area contributed by atoms with Gasteiger partial charge in [-0.15, -0.1) is 0 Å². The highest BCUT2D eigenvalue weighted by Gasteiger charge is 2.39. The highest BCUT2D eigenvalue weighted by Crippen LogP contribution is 2.35. The lowest BCUT2D eigenvalue weighted by Gasteiger charge is -2.18. The summed E-state index contributed by atoms with van der Waals surface area (Å²) in [4.78, 5) is 0. The van der Waals surface area contributed by atoms with Gasteiger partial charge in [0.1, 0.15) is 6.04 Å². The predicted octanol–water partition coefficient (Wildman–Crippen LogP) is 3.58. The molecule has 7 heteroatoms. The minimum Gasteiger partial charge on any atom is -0.316 e. The largest absolute Gasteiger partial charge is 0.416 e. The molecule has 1 atom stereocenters. The van der Waals surface area contributed by atoms with E-state index in [9.17, 15) is 26.3 Å². The van der Waals surface area contributed by atoms with Crippen molar-refractivity contribution < 1.29 is 26.3 Å². The lowest BCUT2D eigenvalue weighted by atomic mass is 10.0. The fourth-order valence-electron chi connectivity index (χ4n) is 1.39. The average Bonchev–Trinajstić information content (AvgIpc) is 2.12. The average molecular weight is 257 g/mol. The smallest absolute Gasteiger partial charge is 0.316 e. The first-order valence-corrected chi connectivity index (χ1v) is 4.53. The van der Waals surface area contributed by atoms with Gasteiger partial charge in [-0.1, -0.05) is 12.1 Å². The Bertz CT molecular complexity index is 406. The van der Waals surface area contributed by atoms with Gasteiger partial charge in [-0.25, -0.2) is 0 Å². The molecule has 1 aromatic carbocycles. The summed E-state index contributed by atoms with van der Waals surface area (Å²) in [6, 6.07) is -0.117. The van der Waals surface area contributed by atoms with Gasteiger partial charge in [0.05, 0.1) is 5.56 Å². The second kappa shape index (κ2) is 4.21. The quantitative estimate of drug-likeness (QED) is 0.764. The molecular formula is C10H9F6N. The summed E-state index contributed by atoms with van der Waals surface area (Å²) in [5, 5.41) is 0. The first-order valence-electron chi connectivity index (χ1n) is 4.53. The fourth-order valence-corrected chi connectivity index (χ4v) is 1.39. The molecule has 0 saturated heterocycles. The summed E-state index contributed by atoms with van der Waals surface area (Å²) in [5.74, 6) is 0. The van der Waals surface area contributed by atoms with Gasteiger partial charge in [-0.05, 0) is 24.1 Å². The number of alkyl halides is 6. The normalized spacial score (nSPS) is 14.8. The second-order valence-electron chi connectivity index (χ2n) is 3.59. The van der Waals surface area contributed by atoms with Crippen LogP contribution in [0.1, 0.15) is 22.7 Å². The molecule has 1 rings (SSSR count). The molecule has 0 radical (unpaired) electrons. The van der Waals surface area contributed by atoms with Gasteiger partial charge >= 0.3 is 12.4 Å². The lowest BCUT2D eigenvalue weighted by Crippen LogP contribution is -2.28. The molecule has 0 amide bonds. The minimum atomic E-state index is -4.67. The third-order valence-corrected chi connectivity index (χ3v) is 2.27. The van der Waals surface area contributed by atoms with Crippen molar-refractivity contribution in [3.8, 4) is 0 Å². The molecule has 0 bridgehead atoms. The maximum atomic E-state index is 12.4. The van der Waals surface area contributed by atoms with E-state index in [0.717, 1.165) is 19.1 Å². The van der Waals surface area contributed by atoms with Crippen molar-refractivity contribution >= 4 is 0 Å². The summed E-state index contributed by atoms with van der Waals surface area (Å²) in [6.07, 6.45) is -9.25. The molecule has 1 aromatic rings. The molecule has 2 N–H and O–H groups in total. The van der Waals surface area contributed by atoms with Gasteiger partial charge in [0.15, 0.2) is 0 Å². The van der Waals surface area contributed by atoms with Crippen LogP contribution in [0.4, 0.5) is 26.3 Å². The monoisotopic (exact) mass is 257 g/mol. The van der Waals surface area contributed by atoms with E-state index in [1.165, 1.54) is 0 Å². The van der Waals surface area contributed by atoms with E-state index in [0.29, 0.717) is 6.07 Å². The van der Waals surface area contributed by atoms with E-state index in [-0.39, 0.29) is 11.1 Å². The number of halogens is 6. The Balaban J connectivity index is 3.14. The summed E-state index contributed by atoms with van der Waals surface area (Å²) in [7, 11) is 0. The number of hydrogen-bond acceptors (Lipinski definition) is 1. The Kier molecular flexibility index (Phi) is 3.42. The maximum absolute atomic E-state index is 12.4. The predicted molar refractivity (Wildman–Crippen MR) is 49.2 cm³/mol. The van der Waals surface area contributed by atoms with Crippen LogP contribution in [-0.4, -0.2) is 6.18 Å². The van der Waals surface area contributed by atoms with Crippen molar-refractivity contribution in [1.82, 2.24) is 0 Å². The molecule has 0 aliphatic rings. The Hall–Kier alpha value is -1.24. The van der Waals surface area contributed by atoms with Crippen molar-refractivity contribution in [1.29, 1.82) is 0 Å². The topological polar surface area (TPSA) is 26.0 Å². The van der Waals surface area contributed by atoms with E-state index in [1.807, 2.05) is 0 Å². The summed E-state index contributed by atoms with van der Waals surface area (Å²) in [6.45, 7) is 1.09. The number of hydrogen-bond donors (Lipinski definition) is 1. The molecule has 0 aliphatic carbocycles. The zero-order valence-corrected chi connectivity index (χ0v) is 8.65. The van der Waals surface area contributed by atoms with Gasteiger partial charge in [0.25, 0.3) is 0 Å². The molecule has 0 spiro atoms. The number of rotatable bonds is 1. The molecular weight excluding hydrogens is 248 g/mol. The molecule has 1 unspecified atom stereocenters. The van der Waals surface area contributed by atoms with E-state index in [4.69, 9.17) is 5.73 Å². The highest BCUT2D eigenvalue weighted by molar-refractivity contribution is 5.34. The Morgan fingerprint density at radius 2 is 1.59 bits per heavy atom. The van der Waals surface area contributed by atoms with Gasteiger partial charge in [0, 0.05) is 0 Å². The van der Waals surface area contributed by atoms with E-state index in [1.54, 1.807) is 0 Å². The van der Waals surface area contributed by atoms with Gasteiger partial charge in [0.2, 0.25) is 0 Å². The molecule has 0 saturated carbocycles. The summed E-state index contributed by atoms with van der Waals surface area (Å²) < 4.78 is 73.8. The van der Waals surface area contributed by atoms with E-state index < -0.39 is 24.0 Å². The van der Waals surface area contributed by atoms with Crippen LogP contribution in [0.3, 0.4) is 0 Å². The van der Waals surface area contributed by atoms with Crippen LogP contribution in [0.25, 0.3) is 0 Å². The lowest BCUT2D eigenvalue weighted by molar-refractivity contribution is -0.149. The second-order valence-corrected chi connectivity index (χ2v) is 3.59. The van der Waals surface area contributed by atoms with Crippen molar-refractivity contribution in [3.63, 3.8) is 0 Å². The molecule has 1 nitrogen and oxygen atoms in total. The zero-order chi connectivity index (χ0) is 13.4. The van der Waals surface area contributed by atoms with Gasteiger partial charge in [-0.2, -0.15) is 26.3 Å². The molecule has 0 aromatic heterocycles. The van der Waals surface area contributed by atoms with Crippen LogP contribution in [0.2, 0.25) is 0 Å². The number of nitrogens with two attached hydrogens (primary N) is 1. The van der Waals surface area contributed by atoms with E-state index >= 15 is 0 Å². The Morgan fingerprint density at radius 3 is 1.94 bits per heavy atom.